The average molecular weight is 231 g/mol. The van der Waals surface area contributed by atoms with E-state index < -0.39 is 0 Å². The van der Waals surface area contributed by atoms with E-state index in [9.17, 15) is 0 Å². The summed E-state index contributed by atoms with van der Waals surface area (Å²) < 4.78 is 0. The molecule has 0 aliphatic carbocycles. The summed E-state index contributed by atoms with van der Waals surface area (Å²) in [4.78, 5) is 6.00. The van der Waals surface area contributed by atoms with E-state index in [0.717, 1.165) is 19.4 Å². The van der Waals surface area contributed by atoms with Crippen LogP contribution in [0.3, 0.4) is 0 Å². The van der Waals surface area contributed by atoms with Crippen LogP contribution in [0, 0.1) is 0 Å². The third kappa shape index (κ3) is 3.97. The van der Waals surface area contributed by atoms with Crippen LogP contribution in [0.15, 0.2) is 6.20 Å². The number of hydrogen-bond donors (Lipinski definition) is 1. The second kappa shape index (κ2) is 6.53. The molecule has 0 aromatic carbocycles. The lowest BCUT2D eigenvalue weighted by Gasteiger charge is -2.21. The highest BCUT2D eigenvalue weighted by Crippen LogP contribution is 2.11. The standard InChI is InChI=1S/C9H15ClN4O/c1-2-3-4-14(5-6-15)8-7-11-13-9(10)12-8/h7,15H,2-6H2,1H3. The van der Waals surface area contributed by atoms with Gasteiger partial charge in [-0.15, -0.1) is 5.10 Å². The van der Waals surface area contributed by atoms with Crippen molar-refractivity contribution in [3.63, 3.8) is 0 Å². The maximum Gasteiger partial charge on any atom is 0.244 e. The number of aromatic nitrogens is 3. The zero-order chi connectivity index (χ0) is 11.1. The van der Waals surface area contributed by atoms with Crippen LogP contribution in [-0.4, -0.2) is 40.0 Å². The molecule has 0 spiro atoms. The fourth-order valence-corrected chi connectivity index (χ4v) is 1.37. The van der Waals surface area contributed by atoms with Crippen LogP contribution in [-0.2, 0) is 0 Å². The summed E-state index contributed by atoms with van der Waals surface area (Å²) in [6.07, 6.45) is 3.69. The quantitative estimate of drug-likeness (QED) is 0.794. The average Bonchev–Trinajstić information content (AvgIpc) is 2.24. The van der Waals surface area contributed by atoms with Crippen LogP contribution < -0.4 is 4.90 Å². The van der Waals surface area contributed by atoms with Gasteiger partial charge < -0.3 is 10.0 Å². The molecule has 84 valence electrons. The fraction of sp³-hybridized carbons (Fsp3) is 0.667. The topological polar surface area (TPSA) is 62.1 Å². The van der Waals surface area contributed by atoms with Crippen LogP contribution in [0.4, 0.5) is 5.82 Å². The minimum atomic E-state index is 0.0886. The van der Waals surface area contributed by atoms with Crippen LogP contribution in [0.25, 0.3) is 0 Å². The molecule has 0 fully saturated rings. The molecular weight excluding hydrogens is 216 g/mol. The lowest BCUT2D eigenvalue weighted by atomic mass is 10.3. The summed E-state index contributed by atoms with van der Waals surface area (Å²) in [7, 11) is 0. The molecule has 0 aliphatic rings. The molecule has 6 heteroatoms. The van der Waals surface area contributed by atoms with Gasteiger partial charge >= 0.3 is 0 Å². The number of aliphatic hydroxyl groups is 1. The Kier molecular flexibility index (Phi) is 5.28. The van der Waals surface area contributed by atoms with Crippen molar-refractivity contribution in [1.29, 1.82) is 0 Å². The Bertz CT molecular complexity index is 297. The summed E-state index contributed by atoms with van der Waals surface area (Å²) in [5.74, 6) is 0.664. The van der Waals surface area contributed by atoms with Gasteiger partial charge in [-0.05, 0) is 18.0 Å². The minimum absolute atomic E-state index is 0.0886. The van der Waals surface area contributed by atoms with E-state index in [1.54, 1.807) is 6.20 Å². The number of nitrogens with zero attached hydrogens (tertiary/aromatic N) is 4. The van der Waals surface area contributed by atoms with Crippen LogP contribution >= 0.6 is 11.6 Å². The highest BCUT2D eigenvalue weighted by molar-refractivity contribution is 6.28. The van der Waals surface area contributed by atoms with Gasteiger partial charge in [-0.3, -0.25) is 0 Å². The van der Waals surface area contributed by atoms with Crippen molar-refractivity contribution in [2.75, 3.05) is 24.6 Å². The van der Waals surface area contributed by atoms with Crippen molar-refractivity contribution in [2.45, 2.75) is 19.8 Å². The summed E-state index contributed by atoms with van der Waals surface area (Å²) >= 11 is 5.65. The Morgan fingerprint density at radius 2 is 2.27 bits per heavy atom. The predicted molar refractivity (Wildman–Crippen MR) is 59.0 cm³/mol. The van der Waals surface area contributed by atoms with Crippen molar-refractivity contribution in [3.05, 3.63) is 11.5 Å². The third-order valence-electron chi connectivity index (χ3n) is 2.00. The molecule has 0 amide bonds. The van der Waals surface area contributed by atoms with Gasteiger partial charge in [0.25, 0.3) is 0 Å². The van der Waals surface area contributed by atoms with Crippen LogP contribution in [0.2, 0.25) is 5.28 Å². The van der Waals surface area contributed by atoms with E-state index in [4.69, 9.17) is 16.7 Å². The van der Waals surface area contributed by atoms with Crippen molar-refractivity contribution in [2.24, 2.45) is 0 Å². The molecule has 15 heavy (non-hydrogen) atoms. The SMILES string of the molecule is CCCCN(CCO)c1cnnc(Cl)n1. The Morgan fingerprint density at radius 3 is 2.87 bits per heavy atom. The molecule has 0 aliphatic heterocycles. The molecule has 1 N–H and O–H groups in total. The predicted octanol–water partition coefficient (Wildman–Crippen LogP) is 1.12. The first kappa shape index (κ1) is 12.1. The second-order valence-electron chi connectivity index (χ2n) is 3.15. The van der Waals surface area contributed by atoms with Gasteiger partial charge in [0.05, 0.1) is 12.8 Å². The van der Waals surface area contributed by atoms with Gasteiger partial charge in [-0.2, -0.15) is 10.1 Å². The maximum atomic E-state index is 8.93. The minimum Gasteiger partial charge on any atom is -0.395 e. The van der Waals surface area contributed by atoms with Gasteiger partial charge in [0, 0.05) is 13.1 Å². The smallest absolute Gasteiger partial charge is 0.244 e. The van der Waals surface area contributed by atoms with Gasteiger partial charge in [0.2, 0.25) is 5.28 Å². The summed E-state index contributed by atoms with van der Waals surface area (Å²) in [5.41, 5.74) is 0. The Hall–Kier alpha value is -0.940. The molecule has 0 atom stereocenters. The molecule has 1 aromatic heterocycles. The first-order valence-electron chi connectivity index (χ1n) is 4.99. The lowest BCUT2D eigenvalue weighted by molar-refractivity contribution is 0.301. The first-order valence-corrected chi connectivity index (χ1v) is 5.36. The summed E-state index contributed by atoms with van der Waals surface area (Å²) in [6, 6.07) is 0. The number of unbranched alkanes of at least 4 members (excludes halogenated alkanes) is 1. The number of rotatable bonds is 6. The van der Waals surface area contributed by atoms with Gasteiger partial charge in [0.15, 0.2) is 5.82 Å². The Balaban J connectivity index is 2.69. The lowest BCUT2D eigenvalue weighted by Crippen LogP contribution is -2.28. The summed E-state index contributed by atoms with van der Waals surface area (Å²) in [6.45, 7) is 3.58. The highest BCUT2D eigenvalue weighted by atomic mass is 35.5. The maximum absolute atomic E-state index is 8.93. The number of anilines is 1. The zero-order valence-electron chi connectivity index (χ0n) is 8.73. The summed E-state index contributed by atoms with van der Waals surface area (Å²) in [5, 5.41) is 16.4. The molecule has 0 radical (unpaired) electrons. The number of aliphatic hydroxyl groups excluding tert-OH is 1. The number of hydrogen-bond acceptors (Lipinski definition) is 5. The molecule has 0 saturated heterocycles. The van der Waals surface area contributed by atoms with E-state index in [2.05, 4.69) is 22.1 Å². The molecule has 1 rings (SSSR count). The van der Waals surface area contributed by atoms with Crippen molar-refractivity contribution in [1.82, 2.24) is 15.2 Å². The zero-order valence-corrected chi connectivity index (χ0v) is 9.48. The second-order valence-corrected chi connectivity index (χ2v) is 3.49. The van der Waals surface area contributed by atoms with Crippen molar-refractivity contribution in [3.8, 4) is 0 Å². The van der Waals surface area contributed by atoms with Gasteiger partial charge in [0.1, 0.15) is 0 Å². The largest absolute Gasteiger partial charge is 0.395 e. The first-order chi connectivity index (χ1) is 7.27. The molecule has 5 nitrogen and oxygen atoms in total. The Morgan fingerprint density at radius 1 is 1.47 bits per heavy atom. The molecule has 1 aromatic rings. The van der Waals surface area contributed by atoms with E-state index in [1.807, 2.05) is 4.90 Å². The van der Waals surface area contributed by atoms with E-state index in [0.29, 0.717) is 12.4 Å². The highest BCUT2D eigenvalue weighted by Gasteiger charge is 2.07. The van der Waals surface area contributed by atoms with Crippen LogP contribution in [0.1, 0.15) is 19.8 Å². The molecule has 0 saturated carbocycles. The number of halogens is 1. The molecule has 0 bridgehead atoms. The third-order valence-corrected chi connectivity index (χ3v) is 2.16. The molecule has 0 unspecified atom stereocenters. The van der Waals surface area contributed by atoms with Crippen molar-refractivity contribution < 1.29 is 5.11 Å². The van der Waals surface area contributed by atoms with E-state index in [1.165, 1.54) is 0 Å². The van der Waals surface area contributed by atoms with E-state index in [-0.39, 0.29) is 11.9 Å². The van der Waals surface area contributed by atoms with Crippen LogP contribution in [0.5, 0.6) is 0 Å². The monoisotopic (exact) mass is 230 g/mol. The van der Waals surface area contributed by atoms with Gasteiger partial charge in [-0.25, -0.2) is 0 Å². The van der Waals surface area contributed by atoms with Crippen molar-refractivity contribution >= 4 is 17.4 Å². The van der Waals surface area contributed by atoms with E-state index >= 15 is 0 Å². The fourth-order valence-electron chi connectivity index (χ4n) is 1.24. The molecule has 1 heterocycles. The molecular formula is C9H15ClN4O. The van der Waals surface area contributed by atoms with Gasteiger partial charge in [-0.1, -0.05) is 13.3 Å². The Labute approximate surface area is 94.1 Å². The normalized spacial score (nSPS) is 10.3.